The fourth-order valence-corrected chi connectivity index (χ4v) is 5.13. The summed E-state index contributed by atoms with van der Waals surface area (Å²) in [5.74, 6) is 5.58. The maximum Gasteiger partial charge on any atom is 0.0197 e. The van der Waals surface area contributed by atoms with Crippen LogP contribution in [-0.2, 0) is 0 Å². The average Bonchev–Trinajstić information content (AvgIpc) is 2.89. The highest BCUT2D eigenvalue weighted by atomic mass is 32.2. The molecule has 3 unspecified atom stereocenters. The highest BCUT2D eigenvalue weighted by molar-refractivity contribution is 7.99. The lowest BCUT2D eigenvalue weighted by molar-refractivity contribution is 0.123. The quantitative estimate of drug-likeness (QED) is 0.790. The minimum absolute atomic E-state index is 0.432. The number of rotatable bonds is 2. The van der Waals surface area contributed by atoms with Gasteiger partial charge in [0.1, 0.15) is 0 Å². The maximum atomic E-state index is 3.56. The van der Waals surface area contributed by atoms with Crippen LogP contribution in [0.2, 0.25) is 0 Å². The van der Waals surface area contributed by atoms with E-state index >= 15 is 0 Å². The zero-order valence-corrected chi connectivity index (χ0v) is 11.4. The third-order valence-electron chi connectivity index (χ3n) is 5.02. The van der Waals surface area contributed by atoms with E-state index in [2.05, 4.69) is 35.8 Å². The summed E-state index contributed by atoms with van der Waals surface area (Å²) in [4.78, 5) is 2.79. The van der Waals surface area contributed by atoms with Crippen LogP contribution in [0.25, 0.3) is 0 Å². The van der Waals surface area contributed by atoms with Crippen molar-refractivity contribution < 1.29 is 0 Å². The maximum absolute atomic E-state index is 3.56. The molecule has 16 heavy (non-hydrogen) atoms. The van der Waals surface area contributed by atoms with Crippen LogP contribution in [0.5, 0.6) is 0 Å². The van der Waals surface area contributed by atoms with Gasteiger partial charge in [-0.2, -0.15) is 11.8 Å². The first-order chi connectivity index (χ1) is 7.68. The minimum atomic E-state index is 0.432. The molecule has 0 amide bonds. The highest BCUT2D eigenvalue weighted by Crippen LogP contribution is 2.41. The molecular formula is C13H24N2S. The lowest BCUT2D eigenvalue weighted by Gasteiger charge is -2.37. The molecule has 1 N–H and O–H groups in total. The van der Waals surface area contributed by atoms with Crippen molar-refractivity contribution in [1.82, 2.24) is 10.2 Å². The number of nitrogens with zero attached hydrogens (tertiary/aromatic N) is 1. The second kappa shape index (κ2) is 4.18. The molecule has 3 heteroatoms. The van der Waals surface area contributed by atoms with Crippen molar-refractivity contribution in [2.45, 2.75) is 25.8 Å². The molecule has 0 bridgehead atoms. The molecule has 3 aliphatic rings. The lowest BCUT2D eigenvalue weighted by Crippen LogP contribution is -2.46. The van der Waals surface area contributed by atoms with Crippen LogP contribution in [0.15, 0.2) is 0 Å². The van der Waals surface area contributed by atoms with Crippen LogP contribution in [-0.4, -0.2) is 48.1 Å². The van der Waals surface area contributed by atoms with Crippen LogP contribution in [0, 0.1) is 17.8 Å². The standard InChI is InChI=1S/C13H24N2S/c1-13(2)12-6-14-5-11(12)8-15(13)7-10-3-4-16-9-10/h10-12,14H,3-9H2,1-2H3. The summed E-state index contributed by atoms with van der Waals surface area (Å²) >= 11 is 2.15. The van der Waals surface area contributed by atoms with E-state index in [1.165, 1.54) is 44.1 Å². The average molecular weight is 240 g/mol. The number of fused-ring (bicyclic) bond motifs is 1. The van der Waals surface area contributed by atoms with E-state index in [9.17, 15) is 0 Å². The number of hydrogen-bond acceptors (Lipinski definition) is 3. The zero-order chi connectivity index (χ0) is 11.2. The van der Waals surface area contributed by atoms with Crippen molar-refractivity contribution in [3.05, 3.63) is 0 Å². The summed E-state index contributed by atoms with van der Waals surface area (Å²) < 4.78 is 0. The largest absolute Gasteiger partial charge is 0.316 e. The van der Waals surface area contributed by atoms with Gasteiger partial charge in [-0.3, -0.25) is 4.90 Å². The van der Waals surface area contributed by atoms with E-state index in [4.69, 9.17) is 0 Å². The van der Waals surface area contributed by atoms with Crippen LogP contribution < -0.4 is 5.32 Å². The molecule has 0 aliphatic carbocycles. The van der Waals surface area contributed by atoms with Gasteiger partial charge in [-0.15, -0.1) is 0 Å². The van der Waals surface area contributed by atoms with Crippen LogP contribution in [0.3, 0.4) is 0 Å². The van der Waals surface area contributed by atoms with Gasteiger partial charge in [-0.1, -0.05) is 0 Å². The summed E-state index contributed by atoms with van der Waals surface area (Å²) in [7, 11) is 0. The molecule has 3 fully saturated rings. The van der Waals surface area contributed by atoms with Gasteiger partial charge in [0.2, 0.25) is 0 Å². The zero-order valence-electron chi connectivity index (χ0n) is 10.5. The summed E-state index contributed by atoms with van der Waals surface area (Å²) in [6, 6.07) is 0. The Hall–Kier alpha value is 0.270. The molecule has 3 heterocycles. The third kappa shape index (κ3) is 1.81. The normalized spacial score (nSPS) is 42.8. The molecule has 92 valence electrons. The predicted molar refractivity (Wildman–Crippen MR) is 70.9 cm³/mol. The van der Waals surface area contributed by atoms with E-state index in [0.717, 1.165) is 17.8 Å². The number of hydrogen-bond donors (Lipinski definition) is 1. The van der Waals surface area contributed by atoms with Gasteiger partial charge in [0.05, 0.1) is 0 Å². The molecule has 0 radical (unpaired) electrons. The highest BCUT2D eigenvalue weighted by Gasteiger charge is 2.49. The minimum Gasteiger partial charge on any atom is -0.316 e. The molecule has 2 nitrogen and oxygen atoms in total. The molecule has 3 rings (SSSR count). The first-order valence-electron chi connectivity index (χ1n) is 6.71. The molecule has 3 saturated heterocycles. The summed E-state index contributed by atoms with van der Waals surface area (Å²) in [6.07, 6.45) is 1.45. The van der Waals surface area contributed by atoms with Gasteiger partial charge in [0.15, 0.2) is 0 Å². The smallest absolute Gasteiger partial charge is 0.0197 e. The first kappa shape index (κ1) is 11.4. The van der Waals surface area contributed by atoms with Crippen molar-refractivity contribution in [2.75, 3.05) is 37.7 Å². The molecule has 0 saturated carbocycles. The second-order valence-corrected chi connectivity index (χ2v) is 7.46. The van der Waals surface area contributed by atoms with Crippen molar-refractivity contribution >= 4 is 11.8 Å². The van der Waals surface area contributed by atoms with E-state index in [1.807, 2.05) is 0 Å². The van der Waals surface area contributed by atoms with Crippen LogP contribution >= 0.6 is 11.8 Å². The topological polar surface area (TPSA) is 15.3 Å². The van der Waals surface area contributed by atoms with Crippen LogP contribution in [0.4, 0.5) is 0 Å². The summed E-state index contributed by atoms with van der Waals surface area (Å²) in [5, 5.41) is 3.56. The molecule has 3 atom stereocenters. The van der Waals surface area contributed by atoms with E-state index < -0.39 is 0 Å². The molecule has 0 aromatic rings. The number of likely N-dealkylation sites (tertiary alicyclic amines) is 1. The van der Waals surface area contributed by atoms with Gasteiger partial charge in [-0.05, 0) is 56.1 Å². The van der Waals surface area contributed by atoms with Crippen molar-refractivity contribution in [2.24, 2.45) is 17.8 Å². The Morgan fingerprint density at radius 2 is 2.25 bits per heavy atom. The molecule has 0 spiro atoms. The fraction of sp³-hybridized carbons (Fsp3) is 1.00. The Balaban J connectivity index is 1.67. The number of thioether (sulfide) groups is 1. The van der Waals surface area contributed by atoms with Crippen LogP contribution in [0.1, 0.15) is 20.3 Å². The van der Waals surface area contributed by atoms with Gasteiger partial charge in [-0.25, -0.2) is 0 Å². The van der Waals surface area contributed by atoms with Gasteiger partial charge in [0.25, 0.3) is 0 Å². The van der Waals surface area contributed by atoms with Gasteiger partial charge in [0, 0.05) is 25.2 Å². The van der Waals surface area contributed by atoms with E-state index in [-0.39, 0.29) is 0 Å². The Morgan fingerprint density at radius 1 is 1.38 bits per heavy atom. The second-order valence-electron chi connectivity index (χ2n) is 6.31. The lowest BCUT2D eigenvalue weighted by atomic mass is 9.84. The SMILES string of the molecule is CC1(C)C2CNCC2CN1CC1CCSC1. The molecule has 3 aliphatic heterocycles. The van der Waals surface area contributed by atoms with Crippen molar-refractivity contribution in [3.8, 4) is 0 Å². The van der Waals surface area contributed by atoms with E-state index in [1.54, 1.807) is 0 Å². The Bertz CT molecular complexity index is 261. The monoisotopic (exact) mass is 240 g/mol. The number of nitrogens with one attached hydrogen (secondary N) is 1. The molecule has 0 aromatic carbocycles. The van der Waals surface area contributed by atoms with Crippen molar-refractivity contribution in [3.63, 3.8) is 0 Å². The first-order valence-corrected chi connectivity index (χ1v) is 7.87. The Kier molecular flexibility index (Phi) is 2.97. The summed E-state index contributed by atoms with van der Waals surface area (Å²) in [5.41, 5.74) is 0.432. The van der Waals surface area contributed by atoms with E-state index in [0.29, 0.717) is 5.54 Å². The Labute approximate surface area is 104 Å². The fourth-order valence-electron chi connectivity index (χ4n) is 3.85. The van der Waals surface area contributed by atoms with Gasteiger partial charge >= 0.3 is 0 Å². The van der Waals surface area contributed by atoms with Gasteiger partial charge < -0.3 is 5.32 Å². The third-order valence-corrected chi connectivity index (χ3v) is 6.25. The Morgan fingerprint density at radius 3 is 2.94 bits per heavy atom. The summed E-state index contributed by atoms with van der Waals surface area (Å²) in [6.45, 7) is 10.1. The molecular weight excluding hydrogens is 216 g/mol. The predicted octanol–water partition coefficient (Wildman–Crippen LogP) is 1.67. The van der Waals surface area contributed by atoms with Crippen molar-refractivity contribution in [1.29, 1.82) is 0 Å². The molecule has 0 aromatic heterocycles.